The third-order valence-corrected chi connectivity index (χ3v) is 7.00. The van der Waals surface area contributed by atoms with Crippen molar-refractivity contribution in [3.63, 3.8) is 0 Å². The number of methoxy groups -OCH3 is 2. The molecule has 0 atom stereocenters. The number of halogens is 2. The zero-order valence-electron chi connectivity index (χ0n) is 20.2. The molecule has 0 fully saturated rings. The van der Waals surface area contributed by atoms with Crippen molar-refractivity contribution in [2.24, 2.45) is 7.05 Å². The van der Waals surface area contributed by atoms with E-state index in [1.54, 1.807) is 36.9 Å². The van der Waals surface area contributed by atoms with Crippen LogP contribution < -0.4 is 20.3 Å². The molecule has 1 amide bonds. The van der Waals surface area contributed by atoms with Gasteiger partial charge in [-0.1, -0.05) is 45.7 Å². The van der Waals surface area contributed by atoms with E-state index in [-0.39, 0.29) is 17.8 Å². The molecule has 0 bridgehead atoms. The average Bonchev–Trinajstić information content (AvgIpc) is 3.20. The van der Waals surface area contributed by atoms with E-state index < -0.39 is 5.91 Å². The molecule has 2 heterocycles. The summed E-state index contributed by atoms with van der Waals surface area (Å²) in [4.78, 5) is 27.3. The number of rotatable bonds is 6. The molecule has 0 spiro atoms. The predicted octanol–water partition coefficient (Wildman–Crippen LogP) is 5.24. The van der Waals surface area contributed by atoms with Gasteiger partial charge in [0.1, 0.15) is 17.0 Å². The minimum Gasteiger partial charge on any atom is -0.496 e. The maximum absolute atomic E-state index is 13.7. The Labute approximate surface area is 225 Å². The van der Waals surface area contributed by atoms with Gasteiger partial charge in [-0.05, 0) is 42.5 Å². The van der Waals surface area contributed by atoms with Gasteiger partial charge in [-0.25, -0.2) is 0 Å². The van der Waals surface area contributed by atoms with Gasteiger partial charge in [0.05, 0.1) is 24.9 Å². The number of nitrogens with zero attached hydrogens (tertiary/aromatic N) is 3. The number of aromatic nitrogens is 3. The van der Waals surface area contributed by atoms with E-state index in [0.29, 0.717) is 33.1 Å². The minimum absolute atomic E-state index is 0.118. The average molecular weight is 582 g/mol. The zero-order valence-corrected chi connectivity index (χ0v) is 22.6. The lowest BCUT2D eigenvalue weighted by atomic mass is 10.1. The van der Waals surface area contributed by atoms with Crippen LogP contribution in [-0.4, -0.2) is 34.5 Å². The quantitative estimate of drug-likeness (QED) is 0.296. The Bertz CT molecular complexity index is 1740. The highest BCUT2D eigenvalue weighted by Crippen LogP contribution is 2.30. The Morgan fingerprint density at radius 2 is 1.78 bits per heavy atom. The summed E-state index contributed by atoms with van der Waals surface area (Å²) in [5.74, 6) is 0.673. The highest BCUT2D eigenvalue weighted by Gasteiger charge is 2.24. The molecular weight excluding hydrogens is 560 g/mol. The number of benzene rings is 3. The van der Waals surface area contributed by atoms with Gasteiger partial charge in [0, 0.05) is 39.9 Å². The van der Waals surface area contributed by atoms with E-state index >= 15 is 0 Å². The molecule has 2 aromatic heterocycles. The Hall–Kier alpha value is -3.82. The number of ether oxygens (including phenoxy) is 2. The Kier molecular flexibility index (Phi) is 6.66. The fourth-order valence-electron chi connectivity index (χ4n) is 4.44. The maximum Gasteiger partial charge on any atom is 0.296 e. The number of para-hydroxylation sites is 1. The number of hydrogen-bond acceptors (Lipinski definition) is 5. The first-order valence-electron chi connectivity index (χ1n) is 11.3. The molecule has 1 N–H and O–H groups in total. The summed E-state index contributed by atoms with van der Waals surface area (Å²) in [6.45, 7) is 0.197. The summed E-state index contributed by atoms with van der Waals surface area (Å²) >= 11 is 9.80. The monoisotopic (exact) mass is 580 g/mol. The third-order valence-electron chi connectivity index (χ3n) is 6.22. The second-order valence-electron chi connectivity index (χ2n) is 8.32. The lowest BCUT2D eigenvalue weighted by Gasteiger charge is -2.13. The minimum atomic E-state index is -0.434. The molecule has 0 saturated carbocycles. The van der Waals surface area contributed by atoms with Gasteiger partial charge in [-0.2, -0.15) is 9.78 Å². The van der Waals surface area contributed by atoms with Crippen LogP contribution in [0, 0.1) is 0 Å². The number of carbonyl (C=O) groups excluding carboxylic acids is 1. The summed E-state index contributed by atoms with van der Waals surface area (Å²) in [7, 11) is 4.88. The molecule has 0 radical (unpaired) electrons. The van der Waals surface area contributed by atoms with Crippen LogP contribution >= 0.6 is 27.5 Å². The van der Waals surface area contributed by atoms with Crippen LogP contribution in [0.1, 0.15) is 16.1 Å². The molecule has 3 aromatic carbocycles. The maximum atomic E-state index is 13.7. The van der Waals surface area contributed by atoms with Crippen molar-refractivity contribution in [1.29, 1.82) is 0 Å². The van der Waals surface area contributed by atoms with Crippen LogP contribution in [0.25, 0.3) is 27.5 Å². The molecule has 0 aliphatic carbocycles. The predicted molar refractivity (Wildman–Crippen MR) is 147 cm³/mol. The SMILES string of the molecule is COc1ccc(-n2nc(C(=O)NCc3cc(Br)ccc3OC)c3c4ccccc4n(C)c3c2=O)cc1Cl. The molecule has 5 aromatic rings. The van der Waals surface area contributed by atoms with Crippen molar-refractivity contribution in [1.82, 2.24) is 19.7 Å². The van der Waals surface area contributed by atoms with Crippen LogP contribution in [0.15, 0.2) is 69.9 Å². The lowest BCUT2D eigenvalue weighted by molar-refractivity contribution is 0.0946. The molecule has 37 heavy (non-hydrogen) atoms. The van der Waals surface area contributed by atoms with Crippen LogP contribution in [-0.2, 0) is 13.6 Å². The zero-order chi connectivity index (χ0) is 26.3. The lowest BCUT2D eigenvalue weighted by Crippen LogP contribution is -2.30. The molecule has 8 nitrogen and oxygen atoms in total. The summed E-state index contributed by atoms with van der Waals surface area (Å²) in [5.41, 5.74) is 2.10. The Morgan fingerprint density at radius 1 is 1.05 bits per heavy atom. The van der Waals surface area contributed by atoms with Crippen molar-refractivity contribution < 1.29 is 14.3 Å². The first-order chi connectivity index (χ1) is 17.8. The van der Waals surface area contributed by atoms with Crippen molar-refractivity contribution in [3.05, 3.63) is 91.8 Å². The highest BCUT2D eigenvalue weighted by molar-refractivity contribution is 9.10. The van der Waals surface area contributed by atoms with E-state index in [0.717, 1.165) is 20.9 Å². The molecule has 5 rings (SSSR count). The van der Waals surface area contributed by atoms with Crippen LogP contribution in [0.3, 0.4) is 0 Å². The smallest absolute Gasteiger partial charge is 0.296 e. The van der Waals surface area contributed by atoms with E-state index in [1.165, 1.54) is 11.8 Å². The fourth-order valence-corrected chi connectivity index (χ4v) is 5.11. The van der Waals surface area contributed by atoms with Crippen LogP contribution in [0.2, 0.25) is 5.02 Å². The van der Waals surface area contributed by atoms with Gasteiger partial charge in [0.25, 0.3) is 11.5 Å². The summed E-state index contributed by atoms with van der Waals surface area (Å²) in [6, 6.07) is 18.0. The number of carbonyl (C=O) groups is 1. The molecular formula is C27H22BrClN4O4. The van der Waals surface area contributed by atoms with E-state index in [1.807, 2.05) is 42.5 Å². The van der Waals surface area contributed by atoms with Gasteiger partial charge in [0.15, 0.2) is 5.69 Å². The van der Waals surface area contributed by atoms with Crippen LogP contribution in [0.5, 0.6) is 11.5 Å². The standard InChI is InChI=1S/C27H22BrClN4O4/c1-32-20-7-5-4-6-18(20)23-24(26(34)30-14-15-12-16(28)8-10-21(15)36-2)31-33(27(35)25(23)32)17-9-11-22(37-3)19(29)13-17/h4-13H,14H2,1-3H3,(H,30,34). The van der Waals surface area contributed by atoms with Crippen molar-refractivity contribution in [2.75, 3.05) is 14.2 Å². The van der Waals surface area contributed by atoms with Gasteiger partial charge < -0.3 is 19.4 Å². The Balaban J connectivity index is 1.69. The van der Waals surface area contributed by atoms with Crippen molar-refractivity contribution in [2.45, 2.75) is 6.54 Å². The second-order valence-corrected chi connectivity index (χ2v) is 9.65. The Morgan fingerprint density at radius 3 is 2.51 bits per heavy atom. The second kappa shape index (κ2) is 9.91. The van der Waals surface area contributed by atoms with E-state index in [2.05, 4.69) is 26.3 Å². The summed E-state index contributed by atoms with van der Waals surface area (Å²) in [6.07, 6.45) is 0. The summed E-state index contributed by atoms with van der Waals surface area (Å²) < 4.78 is 14.5. The third kappa shape index (κ3) is 4.34. The number of aryl methyl sites for hydroxylation is 1. The number of hydrogen-bond donors (Lipinski definition) is 1. The van der Waals surface area contributed by atoms with E-state index in [9.17, 15) is 9.59 Å². The van der Waals surface area contributed by atoms with Gasteiger partial charge >= 0.3 is 0 Å². The molecule has 0 unspecified atom stereocenters. The van der Waals surface area contributed by atoms with Gasteiger partial charge in [-0.15, -0.1) is 0 Å². The summed E-state index contributed by atoms with van der Waals surface area (Å²) in [5, 5.41) is 9.04. The normalized spacial score (nSPS) is 11.2. The molecule has 0 aliphatic heterocycles. The van der Waals surface area contributed by atoms with E-state index in [4.69, 9.17) is 21.1 Å². The molecule has 10 heteroatoms. The largest absolute Gasteiger partial charge is 0.496 e. The number of nitrogens with one attached hydrogen (secondary N) is 1. The van der Waals surface area contributed by atoms with Crippen molar-refractivity contribution >= 4 is 55.2 Å². The first kappa shape index (κ1) is 24.9. The molecule has 0 aliphatic rings. The fraction of sp³-hybridized carbons (Fsp3) is 0.148. The van der Waals surface area contributed by atoms with Crippen molar-refractivity contribution in [3.8, 4) is 17.2 Å². The topological polar surface area (TPSA) is 87.4 Å². The number of amides is 1. The number of fused-ring (bicyclic) bond motifs is 3. The highest BCUT2D eigenvalue weighted by atomic mass is 79.9. The van der Waals surface area contributed by atoms with Crippen LogP contribution in [0.4, 0.5) is 0 Å². The molecule has 0 saturated heterocycles. The molecule has 188 valence electrons. The first-order valence-corrected chi connectivity index (χ1v) is 12.5. The van der Waals surface area contributed by atoms with Gasteiger partial charge in [-0.3, -0.25) is 9.59 Å². The van der Waals surface area contributed by atoms with Gasteiger partial charge in [0.2, 0.25) is 0 Å².